The summed E-state index contributed by atoms with van der Waals surface area (Å²) in [7, 11) is 0. The van der Waals surface area contributed by atoms with Crippen LogP contribution < -0.4 is 9.47 Å². The van der Waals surface area contributed by atoms with E-state index in [4.69, 9.17) is 21.7 Å². The molecule has 0 radical (unpaired) electrons. The SMILES string of the molecule is Cc1csc(=S)n1Cc1ccc2c(c1)OCO2. The Kier molecular flexibility index (Phi) is 2.64. The van der Waals surface area contributed by atoms with E-state index in [1.54, 1.807) is 11.3 Å². The molecular weight excluding hydrogens is 254 g/mol. The van der Waals surface area contributed by atoms with E-state index < -0.39 is 0 Å². The van der Waals surface area contributed by atoms with Crippen molar-refractivity contribution in [2.45, 2.75) is 13.5 Å². The molecule has 0 spiro atoms. The number of thiazole rings is 1. The molecule has 17 heavy (non-hydrogen) atoms. The number of ether oxygens (including phenoxy) is 2. The van der Waals surface area contributed by atoms with E-state index in [2.05, 4.69) is 16.9 Å². The van der Waals surface area contributed by atoms with Crippen LogP contribution in [0.15, 0.2) is 23.6 Å². The average molecular weight is 265 g/mol. The van der Waals surface area contributed by atoms with Gasteiger partial charge in [-0.3, -0.25) is 0 Å². The summed E-state index contributed by atoms with van der Waals surface area (Å²) in [5.41, 5.74) is 2.37. The van der Waals surface area contributed by atoms with E-state index in [9.17, 15) is 0 Å². The van der Waals surface area contributed by atoms with E-state index in [1.165, 1.54) is 11.3 Å². The van der Waals surface area contributed by atoms with Gasteiger partial charge >= 0.3 is 0 Å². The van der Waals surface area contributed by atoms with Crippen molar-refractivity contribution in [2.24, 2.45) is 0 Å². The summed E-state index contributed by atoms with van der Waals surface area (Å²) in [5, 5.41) is 2.08. The number of hydrogen-bond donors (Lipinski definition) is 0. The van der Waals surface area contributed by atoms with Crippen molar-refractivity contribution in [2.75, 3.05) is 6.79 Å². The predicted octanol–water partition coefficient (Wildman–Crippen LogP) is 3.36. The van der Waals surface area contributed by atoms with E-state index in [0.717, 1.165) is 22.0 Å². The van der Waals surface area contributed by atoms with Crippen molar-refractivity contribution in [1.82, 2.24) is 4.57 Å². The molecule has 1 aliphatic heterocycles. The fraction of sp³-hybridized carbons (Fsp3) is 0.250. The van der Waals surface area contributed by atoms with Crippen molar-refractivity contribution < 1.29 is 9.47 Å². The normalized spacial score (nSPS) is 13.0. The standard InChI is InChI=1S/C12H11NO2S2/c1-8-6-17-12(16)13(8)5-9-2-3-10-11(4-9)15-7-14-10/h2-4,6H,5,7H2,1H3. The first-order chi connectivity index (χ1) is 8.24. The van der Waals surface area contributed by atoms with Crippen LogP contribution in [0.3, 0.4) is 0 Å². The minimum absolute atomic E-state index is 0.315. The molecule has 1 aromatic heterocycles. The fourth-order valence-corrected chi connectivity index (χ4v) is 2.91. The Balaban J connectivity index is 1.94. The zero-order valence-corrected chi connectivity index (χ0v) is 10.9. The molecule has 0 saturated carbocycles. The van der Waals surface area contributed by atoms with Crippen LogP contribution >= 0.6 is 23.6 Å². The summed E-state index contributed by atoms with van der Waals surface area (Å²) in [4.78, 5) is 0. The largest absolute Gasteiger partial charge is 0.454 e. The Morgan fingerprint density at radius 3 is 2.94 bits per heavy atom. The number of rotatable bonds is 2. The second kappa shape index (κ2) is 4.16. The maximum absolute atomic E-state index is 5.36. The molecule has 0 fully saturated rings. The lowest BCUT2D eigenvalue weighted by Gasteiger charge is -2.06. The number of aryl methyl sites for hydroxylation is 1. The molecule has 0 saturated heterocycles. The molecule has 0 N–H and O–H groups in total. The molecule has 0 unspecified atom stereocenters. The summed E-state index contributed by atoms with van der Waals surface area (Å²) < 4.78 is 13.7. The van der Waals surface area contributed by atoms with Gasteiger partial charge in [-0.25, -0.2) is 0 Å². The Hall–Kier alpha value is -1.33. The predicted molar refractivity (Wildman–Crippen MR) is 69.5 cm³/mol. The van der Waals surface area contributed by atoms with Crippen molar-refractivity contribution in [3.05, 3.63) is 38.8 Å². The number of benzene rings is 1. The Bertz CT molecular complexity index is 615. The van der Waals surface area contributed by atoms with Crippen LogP contribution in [0.2, 0.25) is 0 Å². The molecule has 0 bridgehead atoms. The van der Waals surface area contributed by atoms with Gasteiger partial charge in [0.2, 0.25) is 6.79 Å². The first kappa shape index (κ1) is 10.8. The summed E-state index contributed by atoms with van der Waals surface area (Å²) in [5.74, 6) is 1.64. The number of aromatic nitrogens is 1. The molecule has 3 nitrogen and oxygen atoms in total. The molecule has 0 atom stereocenters. The first-order valence-corrected chi connectivity index (χ1v) is 6.56. The molecule has 1 aromatic carbocycles. The molecule has 0 amide bonds. The van der Waals surface area contributed by atoms with Crippen LogP contribution in [0.25, 0.3) is 0 Å². The quantitative estimate of drug-likeness (QED) is 0.778. The molecule has 88 valence electrons. The monoisotopic (exact) mass is 265 g/mol. The highest BCUT2D eigenvalue weighted by atomic mass is 32.1. The average Bonchev–Trinajstić information content (AvgIpc) is 2.90. The zero-order chi connectivity index (χ0) is 11.8. The number of nitrogens with zero attached hydrogens (tertiary/aromatic N) is 1. The van der Waals surface area contributed by atoms with Crippen molar-refractivity contribution >= 4 is 23.6 Å². The highest BCUT2D eigenvalue weighted by Crippen LogP contribution is 2.32. The van der Waals surface area contributed by atoms with Gasteiger partial charge in [-0.15, -0.1) is 11.3 Å². The van der Waals surface area contributed by atoms with Gasteiger partial charge in [0.05, 0.1) is 0 Å². The fourth-order valence-electron chi connectivity index (χ4n) is 1.82. The van der Waals surface area contributed by atoms with Gasteiger partial charge in [0.15, 0.2) is 15.5 Å². The lowest BCUT2D eigenvalue weighted by atomic mass is 10.2. The molecule has 5 heteroatoms. The van der Waals surface area contributed by atoms with Crippen molar-refractivity contribution in [3.8, 4) is 11.5 Å². The van der Waals surface area contributed by atoms with Crippen molar-refractivity contribution in [1.29, 1.82) is 0 Å². The molecule has 1 aliphatic rings. The third-order valence-corrected chi connectivity index (χ3v) is 4.14. The van der Waals surface area contributed by atoms with Gasteiger partial charge in [0, 0.05) is 17.6 Å². The van der Waals surface area contributed by atoms with Crippen LogP contribution in [0, 0.1) is 10.9 Å². The molecule has 3 rings (SSSR count). The summed E-state index contributed by atoms with van der Waals surface area (Å²) in [6.45, 7) is 3.17. The molecule has 2 heterocycles. The molecular formula is C12H11NO2S2. The summed E-state index contributed by atoms with van der Waals surface area (Å²) >= 11 is 6.89. The Morgan fingerprint density at radius 2 is 2.18 bits per heavy atom. The zero-order valence-electron chi connectivity index (χ0n) is 9.30. The lowest BCUT2D eigenvalue weighted by molar-refractivity contribution is 0.174. The van der Waals surface area contributed by atoms with Crippen LogP contribution in [-0.2, 0) is 6.54 Å². The summed E-state index contributed by atoms with van der Waals surface area (Å²) in [6.07, 6.45) is 0. The van der Waals surface area contributed by atoms with Crippen LogP contribution in [0.5, 0.6) is 11.5 Å². The highest BCUT2D eigenvalue weighted by Gasteiger charge is 2.13. The van der Waals surface area contributed by atoms with E-state index in [1.807, 2.05) is 18.2 Å². The highest BCUT2D eigenvalue weighted by molar-refractivity contribution is 7.73. The summed E-state index contributed by atoms with van der Waals surface area (Å²) in [6, 6.07) is 6.01. The van der Waals surface area contributed by atoms with Crippen LogP contribution in [-0.4, -0.2) is 11.4 Å². The van der Waals surface area contributed by atoms with Gasteiger partial charge in [-0.2, -0.15) is 0 Å². The van der Waals surface area contributed by atoms with Gasteiger partial charge in [-0.1, -0.05) is 6.07 Å². The Labute approximate surface area is 108 Å². The minimum atomic E-state index is 0.315. The minimum Gasteiger partial charge on any atom is -0.454 e. The van der Waals surface area contributed by atoms with E-state index in [0.29, 0.717) is 6.79 Å². The second-order valence-corrected chi connectivity index (χ2v) is 5.42. The number of hydrogen-bond acceptors (Lipinski definition) is 4. The van der Waals surface area contributed by atoms with Gasteiger partial charge in [-0.05, 0) is 36.8 Å². The van der Waals surface area contributed by atoms with Gasteiger partial charge < -0.3 is 14.0 Å². The van der Waals surface area contributed by atoms with E-state index in [-0.39, 0.29) is 0 Å². The first-order valence-electron chi connectivity index (χ1n) is 5.27. The van der Waals surface area contributed by atoms with Gasteiger partial charge in [0.1, 0.15) is 0 Å². The maximum atomic E-state index is 5.36. The van der Waals surface area contributed by atoms with Gasteiger partial charge in [0.25, 0.3) is 0 Å². The topological polar surface area (TPSA) is 23.4 Å². The van der Waals surface area contributed by atoms with Crippen molar-refractivity contribution in [3.63, 3.8) is 0 Å². The lowest BCUT2D eigenvalue weighted by Crippen LogP contribution is -2.01. The molecule has 2 aromatic rings. The van der Waals surface area contributed by atoms with Crippen LogP contribution in [0.1, 0.15) is 11.3 Å². The Morgan fingerprint density at radius 1 is 1.35 bits per heavy atom. The third kappa shape index (κ3) is 1.96. The van der Waals surface area contributed by atoms with Crippen LogP contribution in [0.4, 0.5) is 0 Å². The van der Waals surface area contributed by atoms with E-state index >= 15 is 0 Å². The maximum Gasteiger partial charge on any atom is 0.231 e. The third-order valence-electron chi connectivity index (χ3n) is 2.75. The molecule has 0 aliphatic carbocycles. The second-order valence-electron chi connectivity index (χ2n) is 3.92. The number of fused-ring (bicyclic) bond motifs is 1. The smallest absolute Gasteiger partial charge is 0.231 e.